The van der Waals surface area contributed by atoms with E-state index in [4.69, 9.17) is 0 Å². The molecule has 0 saturated heterocycles. The summed E-state index contributed by atoms with van der Waals surface area (Å²) in [6, 6.07) is 20.4. The summed E-state index contributed by atoms with van der Waals surface area (Å²) in [7, 11) is 4.10. The van der Waals surface area contributed by atoms with Gasteiger partial charge >= 0.3 is 0 Å². The van der Waals surface area contributed by atoms with Crippen molar-refractivity contribution >= 4 is 6.29 Å². The van der Waals surface area contributed by atoms with E-state index in [1.165, 1.54) is 0 Å². The molecule has 0 aliphatic rings. The molecule has 2 nitrogen and oxygen atoms in total. The van der Waals surface area contributed by atoms with E-state index in [0.29, 0.717) is 6.04 Å². The molecule has 0 unspecified atom stereocenters. The third-order valence-corrected chi connectivity index (χ3v) is 4.28. The SMILES string of the molecule is C[C@H](CC(C=O)(c1ccccc1)c1ccccc1)N(C)C. The smallest absolute Gasteiger partial charge is 0.134 e. The molecule has 2 heteroatoms. The highest BCUT2D eigenvalue weighted by atomic mass is 16.1. The van der Waals surface area contributed by atoms with E-state index < -0.39 is 5.41 Å². The first-order valence-corrected chi connectivity index (χ1v) is 7.34. The van der Waals surface area contributed by atoms with Crippen LogP contribution >= 0.6 is 0 Å². The van der Waals surface area contributed by atoms with Gasteiger partial charge in [0.25, 0.3) is 0 Å². The van der Waals surface area contributed by atoms with Crippen molar-refractivity contribution in [2.45, 2.75) is 24.8 Å². The lowest BCUT2D eigenvalue weighted by molar-refractivity contribution is -0.112. The minimum atomic E-state index is -0.591. The molecular formula is C19H23NO. The second kappa shape index (κ2) is 6.68. The number of carbonyl (C=O) groups excluding carboxylic acids is 1. The van der Waals surface area contributed by atoms with Crippen LogP contribution in [0.15, 0.2) is 60.7 Å². The fourth-order valence-electron chi connectivity index (χ4n) is 2.71. The van der Waals surface area contributed by atoms with Gasteiger partial charge in [0, 0.05) is 6.04 Å². The molecule has 0 spiro atoms. The Hall–Kier alpha value is -1.93. The van der Waals surface area contributed by atoms with Gasteiger partial charge in [0.2, 0.25) is 0 Å². The monoisotopic (exact) mass is 281 g/mol. The quantitative estimate of drug-likeness (QED) is 0.755. The van der Waals surface area contributed by atoms with E-state index in [9.17, 15) is 4.79 Å². The van der Waals surface area contributed by atoms with Crippen LogP contribution in [0.2, 0.25) is 0 Å². The molecule has 1 atom stereocenters. The van der Waals surface area contributed by atoms with Gasteiger partial charge in [0.05, 0.1) is 5.41 Å². The van der Waals surface area contributed by atoms with Crippen molar-refractivity contribution in [3.63, 3.8) is 0 Å². The van der Waals surface area contributed by atoms with Crippen LogP contribution in [0.3, 0.4) is 0 Å². The van der Waals surface area contributed by atoms with Gasteiger partial charge in [-0.3, -0.25) is 0 Å². The summed E-state index contributed by atoms with van der Waals surface area (Å²) in [5.41, 5.74) is 1.52. The molecule has 0 N–H and O–H groups in total. The van der Waals surface area contributed by atoms with Crippen molar-refractivity contribution in [2.75, 3.05) is 14.1 Å². The highest BCUT2D eigenvalue weighted by molar-refractivity contribution is 5.75. The Morgan fingerprint density at radius 1 is 0.952 bits per heavy atom. The Morgan fingerprint density at radius 3 is 1.71 bits per heavy atom. The normalized spacial score (nSPS) is 13.1. The summed E-state index contributed by atoms with van der Waals surface area (Å²) in [4.78, 5) is 14.3. The number of aldehydes is 1. The molecule has 0 aliphatic heterocycles. The van der Waals surface area contributed by atoms with Gasteiger partial charge in [-0.25, -0.2) is 0 Å². The molecule has 0 aromatic heterocycles. The van der Waals surface area contributed by atoms with Crippen LogP contribution in [-0.4, -0.2) is 31.3 Å². The minimum absolute atomic E-state index is 0.301. The third-order valence-electron chi connectivity index (χ3n) is 4.28. The van der Waals surface area contributed by atoms with E-state index in [1.807, 2.05) is 60.7 Å². The van der Waals surface area contributed by atoms with Crippen molar-refractivity contribution in [2.24, 2.45) is 0 Å². The maximum absolute atomic E-state index is 12.2. The minimum Gasteiger partial charge on any atom is -0.307 e. The molecule has 0 bridgehead atoms. The average Bonchev–Trinajstić information content (AvgIpc) is 2.54. The molecule has 0 amide bonds. The predicted molar refractivity (Wildman–Crippen MR) is 87.5 cm³/mol. The van der Waals surface area contributed by atoms with Gasteiger partial charge in [0.15, 0.2) is 0 Å². The summed E-state index contributed by atoms with van der Waals surface area (Å²) >= 11 is 0. The van der Waals surface area contributed by atoms with Crippen molar-refractivity contribution < 1.29 is 4.79 Å². The molecule has 0 fully saturated rings. The summed E-state index contributed by atoms with van der Waals surface area (Å²) in [5.74, 6) is 0. The van der Waals surface area contributed by atoms with Crippen molar-refractivity contribution in [1.29, 1.82) is 0 Å². The van der Waals surface area contributed by atoms with Crippen LogP contribution in [0.25, 0.3) is 0 Å². The standard InChI is InChI=1S/C19H23NO/c1-16(20(2)3)14-19(15-21,17-10-6-4-7-11-17)18-12-8-5-9-13-18/h4-13,15-16H,14H2,1-3H3/t16-/m1/s1. The average molecular weight is 281 g/mol. The highest BCUT2D eigenvalue weighted by Gasteiger charge is 2.35. The number of rotatable bonds is 6. The van der Waals surface area contributed by atoms with Crippen LogP contribution in [0.5, 0.6) is 0 Å². The first-order valence-electron chi connectivity index (χ1n) is 7.34. The number of hydrogen-bond donors (Lipinski definition) is 0. The maximum Gasteiger partial charge on any atom is 0.134 e. The Balaban J connectivity index is 2.54. The van der Waals surface area contributed by atoms with Gasteiger partial charge in [0.1, 0.15) is 6.29 Å². The zero-order valence-corrected chi connectivity index (χ0v) is 13.0. The van der Waals surface area contributed by atoms with Gasteiger partial charge in [-0.15, -0.1) is 0 Å². The summed E-state index contributed by atoms with van der Waals surface area (Å²) in [6.45, 7) is 2.16. The first kappa shape index (κ1) is 15.5. The topological polar surface area (TPSA) is 20.3 Å². The van der Waals surface area contributed by atoms with Gasteiger partial charge in [-0.1, -0.05) is 60.7 Å². The van der Waals surface area contributed by atoms with Gasteiger partial charge in [-0.05, 0) is 38.6 Å². The summed E-state index contributed by atoms with van der Waals surface area (Å²) in [6.07, 6.45) is 1.87. The number of carbonyl (C=O) groups is 1. The Labute approximate surface area is 127 Å². The largest absolute Gasteiger partial charge is 0.307 e. The predicted octanol–water partition coefficient (Wildman–Crippen LogP) is 3.51. The lowest BCUT2D eigenvalue weighted by atomic mass is 9.71. The first-order chi connectivity index (χ1) is 10.1. The van der Waals surface area contributed by atoms with E-state index in [0.717, 1.165) is 23.8 Å². The lowest BCUT2D eigenvalue weighted by Crippen LogP contribution is -2.38. The van der Waals surface area contributed by atoms with Crippen molar-refractivity contribution in [3.8, 4) is 0 Å². The fraction of sp³-hybridized carbons (Fsp3) is 0.316. The van der Waals surface area contributed by atoms with E-state index >= 15 is 0 Å². The van der Waals surface area contributed by atoms with Crippen LogP contribution in [0, 0.1) is 0 Å². The van der Waals surface area contributed by atoms with Gasteiger partial charge in [-0.2, -0.15) is 0 Å². The van der Waals surface area contributed by atoms with E-state index in [2.05, 4.69) is 25.9 Å². The van der Waals surface area contributed by atoms with Crippen molar-refractivity contribution in [1.82, 2.24) is 4.90 Å². The lowest BCUT2D eigenvalue weighted by Gasteiger charge is -2.34. The maximum atomic E-state index is 12.2. The zero-order valence-electron chi connectivity index (χ0n) is 13.0. The molecule has 2 rings (SSSR count). The Bertz CT molecular complexity index is 523. The fourth-order valence-corrected chi connectivity index (χ4v) is 2.71. The Kier molecular flexibility index (Phi) is 4.92. The van der Waals surface area contributed by atoms with Crippen LogP contribution in [-0.2, 0) is 10.2 Å². The molecule has 0 saturated carbocycles. The summed E-state index contributed by atoms with van der Waals surface area (Å²) in [5, 5.41) is 0. The van der Waals surface area contributed by atoms with E-state index in [1.54, 1.807) is 0 Å². The molecule has 2 aromatic carbocycles. The zero-order chi connectivity index (χ0) is 15.3. The molecular weight excluding hydrogens is 258 g/mol. The highest BCUT2D eigenvalue weighted by Crippen LogP contribution is 2.35. The second-order valence-electron chi connectivity index (χ2n) is 5.84. The van der Waals surface area contributed by atoms with E-state index in [-0.39, 0.29) is 0 Å². The number of hydrogen-bond acceptors (Lipinski definition) is 2. The third kappa shape index (κ3) is 3.22. The van der Waals surface area contributed by atoms with Crippen molar-refractivity contribution in [3.05, 3.63) is 71.8 Å². The molecule has 21 heavy (non-hydrogen) atoms. The van der Waals surface area contributed by atoms with Crippen LogP contribution in [0.1, 0.15) is 24.5 Å². The van der Waals surface area contributed by atoms with Crippen LogP contribution in [0.4, 0.5) is 0 Å². The molecule has 2 aromatic rings. The molecule has 0 heterocycles. The second-order valence-corrected chi connectivity index (χ2v) is 5.84. The van der Waals surface area contributed by atoms with Gasteiger partial charge < -0.3 is 9.69 Å². The molecule has 0 radical (unpaired) electrons. The molecule has 0 aliphatic carbocycles. The summed E-state index contributed by atoms with van der Waals surface area (Å²) < 4.78 is 0. The number of benzene rings is 2. The Morgan fingerprint density at radius 2 is 1.38 bits per heavy atom. The molecule has 110 valence electrons. The number of nitrogens with zero attached hydrogens (tertiary/aromatic N) is 1. The van der Waals surface area contributed by atoms with Crippen LogP contribution < -0.4 is 0 Å².